The fourth-order valence-electron chi connectivity index (χ4n) is 4.40. The maximum atomic E-state index is 12.3. The first kappa shape index (κ1) is 25.7. The van der Waals surface area contributed by atoms with Crippen LogP contribution in [0.1, 0.15) is 31.2 Å². The average molecular weight is 488 g/mol. The number of aliphatic hydroxyl groups excluding tert-OH is 1. The van der Waals surface area contributed by atoms with Crippen molar-refractivity contribution in [1.82, 2.24) is 15.1 Å². The Morgan fingerprint density at radius 1 is 1.25 bits per heavy atom. The normalized spacial score (nSPS) is 26.9. The molecule has 7 nitrogen and oxygen atoms in total. The molecule has 180 valence electrons. The first-order valence-corrected chi connectivity index (χ1v) is 12.1. The Labute approximate surface area is 200 Å². The highest BCUT2D eigenvalue weighted by atomic mass is 35.5. The summed E-state index contributed by atoms with van der Waals surface area (Å²) >= 11 is 12.3. The minimum absolute atomic E-state index is 0.0297. The number of fused-ring (bicyclic) bond motifs is 1. The lowest BCUT2D eigenvalue weighted by Gasteiger charge is -2.44. The highest BCUT2D eigenvalue weighted by Gasteiger charge is 2.38. The largest absolute Gasteiger partial charge is 0.389 e. The van der Waals surface area contributed by atoms with Gasteiger partial charge in [0.25, 0.3) is 0 Å². The molecule has 3 rings (SSSR count). The van der Waals surface area contributed by atoms with Gasteiger partial charge >= 0.3 is 0 Å². The highest BCUT2D eigenvalue weighted by molar-refractivity contribution is 6.42. The van der Waals surface area contributed by atoms with Crippen LogP contribution in [0.15, 0.2) is 18.2 Å². The fourth-order valence-corrected chi connectivity index (χ4v) is 4.72. The zero-order chi connectivity index (χ0) is 23.1. The average Bonchev–Trinajstić information content (AvgIpc) is 2.72. The maximum absolute atomic E-state index is 12.3. The molecule has 0 spiro atoms. The van der Waals surface area contributed by atoms with Crippen LogP contribution >= 0.6 is 23.2 Å². The van der Waals surface area contributed by atoms with Crippen LogP contribution in [0.4, 0.5) is 0 Å². The Bertz CT molecular complexity index is 752. The quantitative estimate of drug-likeness (QED) is 0.548. The van der Waals surface area contributed by atoms with E-state index in [1.165, 1.54) is 0 Å². The summed E-state index contributed by atoms with van der Waals surface area (Å²) in [6.45, 7) is 3.41. The van der Waals surface area contributed by atoms with Crippen LogP contribution < -0.4 is 5.32 Å². The van der Waals surface area contributed by atoms with Crippen molar-refractivity contribution in [3.05, 3.63) is 33.8 Å². The first-order valence-electron chi connectivity index (χ1n) is 11.3. The van der Waals surface area contributed by atoms with Gasteiger partial charge in [0.15, 0.2) is 0 Å². The van der Waals surface area contributed by atoms with Crippen molar-refractivity contribution in [3.8, 4) is 0 Å². The summed E-state index contributed by atoms with van der Waals surface area (Å²) in [7, 11) is 4.05. The lowest BCUT2D eigenvalue weighted by atomic mass is 9.94. The number of rotatable bonds is 8. The Balaban J connectivity index is 1.57. The summed E-state index contributed by atoms with van der Waals surface area (Å²) < 4.78 is 12.0. The summed E-state index contributed by atoms with van der Waals surface area (Å²) in [5, 5.41) is 14.4. The Morgan fingerprint density at radius 2 is 2.06 bits per heavy atom. The topological polar surface area (TPSA) is 74.3 Å². The number of nitrogens with zero attached hydrogens (tertiary/aromatic N) is 2. The number of β-amino-alcohol motifs (C(OH)–C–C–N with tert-alkyl or cyclic N) is 1. The van der Waals surface area contributed by atoms with Crippen molar-refractivity contribution >= 4 is 29.1 Å². The minimum atomic E-state index is -0.565. The van der Waals surface area contributed by atoms with Crippen LogP contribution in [0.3, 0.4) is 0 Å². The fraction of sp³-hybridized carbons (Fsp3) is 0.696. The lowest BCUT2D eigenvalue weighted by Crippen LogP contribution is -2.55. The molecule has 0 bridgehead atoms. The second-order valence-electron chi connectivity index (χ2n) is 9.02. The molecular formula is C23H35Cl2N3O4. The van der Waals surface area contributed by atoms with Gasteiger partial charge in [-0.3, -0.25) is 9.69 Å². The molecule has 0 saturated carbocycles. The molecule has 0 radical (unpaired) electrons. The first-order chi connectivity index (χ1) is 15.3. The maximum Gasteiger partial charge on any atom is 0.222 e. The van der Waals surface area contributed by atoms with Crippen molar-refractivity contribution < 1.29 is 19.4 Å². The molecule has 0 unspecified atom stereocenters. The van der Waals surface area contributed by atoms with Crippen LogP contribution in [0.5, 0.6) is 0 Å². The number of hydrogen-bond donors (Lipinski definition) is 2. The van der Waals surface area contributed by atoms with Gasteiger partial charge in [-0.1, -0.05) is 29.3 Å². The van der Waals surface area contributed by atoms with Gasteiger partial charge in [-0.05, 0) is 57.6 Å². The predicted molar refractivity (Wildman–Crippen MR) is 126 cm³/mol. The summed E-state index contributed by atoms with van der Waals surface area (Å²) in [4.78, 5) is 16.7. The van der Waals surface area contributed by atoms with Gasteiger partial charge in [-0.2, -0.15) is 0 Å². The lowest BCUT2D eigenvalue weighted by molar-refractivity contribution is -0.158. The van der Waals surface area contributed by atoms with Gasteiger partial charge in [0, 0.05) is 25.7 Å². The molecule has 2 aliphatic heterocycles. The van der Waals surface area contributed by atoms with Crippen molar-refractivity contribution in [2.24, 2.45) is 0 Å². The van der Waals surface area contributed by atoms with E-state index in [1.54, 1.807) is 6.07 Å². The van der Waals surface area contributed by atoms with Gasteiger partial charge in [-0.15, -0.1) is 0 Å². The molecule has 2 N–H and O–H groups in total. The second-order valence-corrected chi connectivity index (χ2v) is 9.84. The monoisotopic (exact) mass is 487 g/mol. The van der Waals surface area contributed by atoms with E-state index < -0.39 is 6.10 Å². The molecule has 2 fully saturated rings. The zero-order valence-electron chi connectivity index (χ0n) is 18.9. The van der Waals surface area contributed by atoms with E-state index in [-0.39, 0.29) is 30.8 Å². The van der Waals surface area contributed by atoms with Gasteiger partial charge in [-0.25, -0.2) is 0 Å². The number of benzene rings is 1. The summed E-state index contributed by atoms with van der Waals surface area (Å²) in [5.74, 6) is 0.0297. The molecule has 0 aliphatic carbocycles. The number of amides is 1. The van der Waals surface area contributed by atoms with Gasteiger partial charge in [0.1, 0.15) is 0 Å². The standard InChI is InChI=1S/C23H35Cl2N3O4/c1-27(2)9-3-8-26-23(30)11-18-5-7-21-22(32-18)15-31-14-17(29)13-28(21)12-16-4-6-19(24)20(25)10-16/h4,6,10,17-18,21-22,29H,3,5,7-9,11-15H2,1-2H3,(H,26,30)/t17-,18-,21+,22-/m1/s1. The Kier molecular flexibility index (Phi) is 10.0. The third kappa shape index (κ3) is 7.83. The van der Waals surface area contributed by atoms with Crippen LogP contribution in [-0.4, -0.2) is 92.1 Å². The minimum Gasteiger partial charge on any atom is -0.389 e. The van der Waals surface area contributed by atoms with Gasteiger partial charge in [0.05, 0.1) is 48.0 Å². The van der Waals surface area contributed by atoms with E-state index in [4.69, 9.17) is 32.7 Å². The zero-order valence-corrected chi connectivity index (χ0v) is 20.4. The Hall–Kier alpha value is -0.930. The third-order valence-corrected chi connectivity index (χ3v) is 6.71. The van der Waals surface area contributed by atoms with Crippen molar-refractivity contribution in [3.63, 3.8) is 0 Å². The van der Waals surface area contributed by atoms with Crippen LogP contribution in [0.25, 0.3) is 0 Å². The van der Waals surface area contributed by atoms with E-state index in [1.807, 2.05) is 26.2 Å². The van der Waals surface area contributed by atoms with Crippen LogP contribution in [-0.2, 0) is 20.8 Å². The number of carbonyl (C=O) groups excluding carboxylic acids is 1. The molecule has 4 atom stereocenters. The van der Waals surface area contributed by atoms with E-state index in [2.05, 4.69) is 15.1 Å². The van der Waals surface area contributed by atoms with Crippen LogP contribution in [0, 0.1) is 0 Å². The van der Waals surface area contributed by atoms with Crippen molar-refractivity contribution in [1.29, 1.82) is 0 Å². The number of ether oxygens (including phenoxy) is 2. The third-order valence-electron chi connectivity index (χ3n) is 5.97. The van der Waals surface area contributed by atoms with Gasteiger partial charge in [0.2, 0.25) is 5.91 Å². The molecule has 1 amide bonds. The SMILES string of the molecule is CN(C)CCCNC(=O)C[C@H]1CC[C@H]2[C@@H](COC[C@H](O)CN2Cc2ccc(Cl)c(Cl)c2)O1. The van der Waals surface area contributed by atoms with Crippen molar-refractivity contribution in [2.75, 3.05) is 46.9 Å². The van der Waals surface area contributed by atoms with E-state index in [9.17, 15) is 9.90 Å². The smallest absolute Gasteiger partial charge is 0.222 e. The second kappa shape index (κ2) is 12.5. The highest BCUT2D eigenvalue weighted by Crippen LogP contribution is 2.30. The van der Waals surface area contributed by atoms with Crippen molar-refractivity contribution in [2.45, 2.75) is 56.6 Å². The Morgan fingerprint density at radius 3 is 2.81 bits per heavy atom. The molecular weight excluding hydrogens is 453 g/mol. The molecule has 1 aromatic carbocycles. The van der Waals surface area contributed by atoms with E-state index in [0.717, 1.165) is 31.4 Å². The number of aliphatic hydroxyl groups is 1. The molecule has 2 aliphatic rings. The number of carbonyl (C=O) groups is 1. The molecule has 0 aromatic heterocycles. The number of halogens is 2. The molecule has 1 aromatic rings. The predicted octanol–water partition coefficient (Wildman–Crippen LogP) is 2.56. The van der Waals surface area contributed by atoms with Gasteiger partial charge < -0.3 is 24.8 Å². The number of nitrogens with one attached hydrogen (secondary N) is 1. The summed E-state index contributed by atoms with van der Waals surface area (Å²) in [6.07, 6.45) is 2.12. The van der Waals surface area contributed by atoms with E-state index in [0.29, 0.717) is 42.7 Å². The summed E-state index contributed by atoms with van der Waals surface area (Å²) in [5.41, 5.74) is 1.03. The van der Waals surface area contributed by atoms with E-state index >= 15 is 0 Å². The molecule has 9 heteroatoms. The molecule has 2 heterocycles. The van der Waals surface area contributed by atoms with Crippen LogP contribution in [0.2, 0.25) is 10.0 Å². The molecule has 32 heavy (non-hydrogen) atoms. The molecule has 2 saturated heterocycles. The summed E-state index contributed by atoms with van der Waals surface area (Å²) in [6, 6.07) is 5.72. The number of hydrogen-bond acceptors (Lipinski definition) is 6.